The van der Waals surface area contributed by atoms with Crippen LogP contribution in [-0.4, -0.2) is 191 Å². The predicted octanol–water partition coefficient (Wildman–Crippen LogP) is -0.134. The number of hydrogen-bond donors (Lipinski definition) is 12. The van der Waals surface area contributed by atoms with Crippen molar-refractivity contribution in [1.29, 1.82) is 0 Å². The summed E-state index contributed by atoms with van der Waals surface area (Å²) in [6, 6.07) is 1.69. The minimum atomic E-state index is -1.69. The molecule has 1 rings (SSSR count). The van der Waals surface area contributed by atoms with Gasteiger partial charge in [-0.25, -0.2) is 14.4 Å². The largest absolute Gasteiger partial charge is 0.481 e. The SMILES string of the molecule is CC(C)CC(NC(=O)C(Cc1ccccc1)NC(=O)CNC(=O)OC(C)(C)C)C(=O)NCC(=O)NC(CCC(=O)NCCOCCOCC(=O)NC(CCC(=O)CC(CCC(=O)O)C(=O)O)C(=O)NC(CCC(=O)O)C(=O)O)C(=O)OC(C)(C)C. The molecule has 0 aliphatic rings. The highest BCUT2D eigenvalue weighted by atomic mass is 16.6. The quantitative estimate of drug-likeness (QED) is 0.0300. The van der Waals surface area contributed by atoms with Gasteiger partial charge in [0.15, 0.2) is 0 Å². The zero-order valence-electron chi connectivity index (χ0n) is 49.3. The maximum Gasteiger partial charge on any atom is 0.408 e. The number of esters is 1. The van der Waals surface area contributed by atoms with Crippen LogP contribution in [0.1, 0.15) is 125 Å². The molecule has 30 nitrogen and oxygen atoms in total. The number of hydrogen-bond acceptors (Lipinski definition) is 18. The summed E-state index contributed by atoms with van der Waals surface area (Å²) in [7, 11) is 0. The zero-order chi connectivity index (χ0) is 64.5. The van der Waals surface area contributed by atoms with Crippen LogP contribution >= 0.6 is 0 Å². The molecule has 0 radical (unpaired) electrons. The highest BCUT2D eigenvalue weighted by Gasteiger charge is 2.32. The fourth-order valence-electron chi connectivity index (χ4n) is 7.51. The fourth-order valence-corrected chi connectivity index (χ4v) is 7.51. The van der Waals surface area contributed by atoms with E-state index in [0.29, 0.717) is 5.56 Å². The summed E-state index contributed by atoms with van der Waals surface area (Å²) in [4.78, 5) is 176. The lowest BCUT2D eigenvalue weighted by atomic mass is 9.94. The average Bonchev–Trinajstić information content (AvgIpc) is 3.58. The first kappa shape index (κ1) is 74.7. The van der Waals surface area contributed by atoms with Gasteiger partial charge >= 0.3 is 35.9 Å². The van der Waals surface area contributed by atoms with Gasteiger partial charge in [0, 0.05) is 45.1 Å². The van der Waals surface area contributed by atoms with Crippen LogP contribution in [-0.2, 0) is 87.7 Å². The Hall–Kier alpha value is -8.28. The molecule has 12 N–H and O–H groups in total. The van der Waals surface area contributed by atoms with E-state index in [1.165, 1.54) is 0 Å². The molecule has 476 valence electrons. The van der Waals surface area contributed by atoms with Crippen molar-refractivity contribution in [3.8, 4) is 0 Å². The molecule has 0 heterocycles. The van der Waals surface area contributed by atoms with Crippen molar-refractivity contribution < 1.29 is 106 Å². The number of ether oxygens (including phenoxy) is 4. The summed E-state index contributed by atoms with van der Waals surface area (Å²) < 4.78 is 21.3. The molecule has 0 saturated carbocycles. The molecule has 0 bridgehead atoms. The van der Waals surface area contributed by atoms with E-state index in [1.54, 1.807) is 85.7 Å². The molecule has 0 aromatic heterocycles. The van der Waals surface area contributed by atoms with Crippen LogP contribution in [0.2, 0.25) is 0 Å². The summed E-state index contributed by atoms with van der Waals surface area (Å²) in [5.74, 6) is -14.3. The molecule has 1 aromatic rings. The standard InChI is InChI=1S/C55H84N8O22/c1-32(2)26-39(63-49(75)40(27-33-12-10-9-11-13-33)61-43(67)30-58-53(81)85-55(6,7)8)47(73)57-29-42(66)60-38(52(80)84-54(3,4)5)17-19-41(65)56-22-23-82-24-25-83-31-44(68)59-36(48(74)62-37(51(78)79)18-21-46(71)72)16-15-35(64)28-34(50(76)77)14-20-45(69)70/h9-13,32,34,36-40H,14-31H2,1-8H3,(H,56,65)(H,57,73)(H,58,81)(H,59,68)(H,60,66)(H,61,67)(H,62,74)(H,63,75)(H,69,70)(H,71,72)(H,76,77)(H,78,79). The number of ketones is 1. The Morgan fingerprint density at radius 2 is 1.02 bits per heavy atom. The van der Waals surface area contributed by atoms with Crippen LogP contribution in [0.4, 0.5) is 4.79 Å². The van der Waals surface area contributed by atoms with Crippen molar-refractivity contribution in [1.82, 2.24) is 42.5 Å². The number of aliphatic carboxylic acids is 4. The topological polar surface area (TPSA) is 453 Å². The highest BCUT2D eigenvalue weighted by molar-refractivity contribution is 5.95. The summed E-state index contributed by atoms with van der Waals surface area (Å²) in [5, 5.41) is 56.3. The van der Waals surface area contributed by atoms with Crippen LogP contribution < -0.4 is 42.5 Å². The minimum Gasteiger partial charge on any atom is -0.481 e. The van der Waals surface area contributed by atoms with Crippen LogP contribution in [0.5, 0.6) is 0 Å². The van der Waals surface area contributed by atoms with E-state index >= 15 is 0 Å². The summed E-state index contributed by atoms with van der Waals surface area (Å²) >= 11 is 0. The van der Waals surface area contributed by atoms with Crippen molar-refractivity contribution in [3.05, 3.63) is 35.9 Å². The first-order valence-electron chi connectivity index (χ1n) is 27.5. The molecule has 8 amide bonds. The van der Waals surface area contributed by atoms with Crippen molar-refractivity contribution in [2.45, 2.75) is 167 Å². The van der Waals surface area contributed by atoms with Crippen LogP contribution in [0.15, 0.2) is 30.3 Å². The van der Waals surface area contributed by atoms with Gasteiger partial charge in [-0.2, -0.15) is 0 Å². The van der Waals surface area contributed by atoms with Crippen LogP contribution in [0, 0.1) is 11.8 Å². The van der Waals surface area contributed by atoms with Gasteiger partial charge in [-0.3, -0.25) is 52.7 Å². The van der Waals surface area contributed by atoms with Gasteiger partial charge in [0.1, 0.15) is 60.3 Å². The molecule has 0 spiro atoms. The van der Waals surface area contributed by atoms with E-state index in [-0.39, 0.29) is 64.4 Å². The third kappa shape index (κ3) is 36.1. The lowest BCUT2D eigenvalue weighted by Gasteiger charge is -2.25. The van der Waals surface area contributed by atoms with E-state index in [1.807, 2.05) is 0 Å². The second-order valence-electron chi connectivity index (χ2n) is 22.0. The number of alkyl carbamates (subject to hydrolysis) is 1. The molecule has 0 saturated heterocycles. The third-order valence-electron chi connectivity index (χ3n) is 11.5. The Kier molecular flexibility index (Phi) is 33.9. The molecular formula is C55H84N8O22. The van der Waals surface area contributed by atoms with E-state index in [4.69, 9.17) is 29.2 Å². The van der Waals surface area contributed by atoms with E-state index in [2.05, 4.69) is 42.5 Å². The second-order valence-corrected chi connectivity index (χ2v) is 22.0. The summed E-state index contributed by atoms with van der Waals surface area (Å²) in [6.45, 7) is 11.0. The zero-order valence-corrected chi connectivity index (χ0v) is 49.3. The monoisotopic (exact) mass is 1210 g/mol. The van der Waals surface area contributed by atoms with Crippen molar-refractivity contribution in [2.75, 3.05) is 46.1 Å². The van der Waals surface area contributed by atoms with Gasteiger partial charge in [-0.05, 0) is 85.1 Å². The molecule has 1 aromatic carbocycles. The van der Waals surface area contributed by atoms with Gasteiger partial charge in [0.25, 0.3) is 0 Å². The summed E-state index contributed by atoms with van der Waals surface area (Å²) in [5.41, 5.74) is -1.15. The number of nitrogens with one attached hydrogen (secondary N) is 8. The number of amides is 8. The molecule has 30 heteroatoms. The molecule has 85 heavy (non-hydrogen) atoms. The number of carbonyl (C=O) groups excluding carboxylic acids is 10. The van der Waals surface area contributed by atoms with E-state index in [9.17, 15) is 77.3 Å². The Morgan fingerprint density at radius 3 is 1.60 bits per heavy atom. The van der Waals surface area contributed by atoms with Crippen molar-refractivity contribution in [2.24, 2.45) is 11.8 Å². The molecule has 0 aliphatic heterocycles. The van der Waals surface area contributed by atoms with Crippen molar-refractivity contribution in [3.63, 3.8) is 0 Å². The third-order valence-corrected chi connectivity index (χ3v) is 11.5. The van der Waals surface area contributed by atoms with Crippen molar-refractivity contribution >= 4 is 83.1 Å². The Balaban J connectivity index is 2.85. The van der Waals surface area contributed by atoms with Gasteiger partial charge < -0.3 is 81.9 Å². The van der Waals surface area contributed by atoms with Gasteiger partial charge in [-0.1, -0.05) is 44.2 Å². The lowest BCUT2D eigenvalue weighted by Crippen LogP contribution is -2.56. The molecule has 0 fully saturated rings. The lowest BCUT2D eigenvalue weighted by molar-refractivity contribution is -0.159. The Labute approximate surface area is 492 Å². The summed E-state index contributed by atoms with van der Waals surface area (Å²) in [6.07, 6.45) is -4.85. The van der Waals surface area contributed by atoms with Crippen LogP contribution in [0.25, 0.3) is 0 Å². The molecule has 6 unspecified atom stereocenters. The normalized spacial score (nSPS) is 13.4. The second kappa shape index (κ2) is 38.6. The highest BCUT2D eigenvalue weighted by Crippen LogP contribution is 2.16. The number of benzene rings is 1. The van der Waals surface area contributed by atoms with Gasteiger partial charge in [0.2, 0.25) is 41.4 Å². The van der Waals surface area contributed by atoms with E-state index < -0.39 is 189 Å². The first-order valence-corrected chi connectivity index (χ1v) is 27.5. The number of carboxylic acids is 4. The minimum absolute atomic E-state index is 0.0131. The number of carbonyl (C=O) groups is 14. The molecule has 0 aliphatic carbocycles. The Morgan fingerprint density at radius 1 is 0.494 bits per heavy atom. The number of carboxylic acid groups (broad SMARTS) is 4. The maximum atomic E-state index is 13.8. The average molecular weight is 1210 g/mol. The van der Waals surface area contributed by atoms with Gasteiger partial charge in [-0.15, -0.1) is 0 Å². The Bertz CT molecular complexity index is 2440. The van der Waals surface area contributed by atoms with Gasteiger partial charge in [0.05, 0.1) is 32.3 Å². The fraction of sp³-hybridized carbons (Fsp3) is 0.636. The van der Waals surface area contributed by atoms with Crippen LogP contribution in [0.3, 0.4) is 0 Å². The number of rotatable bonds is 41. The molecule has 6 atom stereocenters. The number of Topliss-reactive ketones (excluding diaryl/α,β-unsaturated/α-hetero) is 1. The molecular weight excluding hydrogens is 1120 g/mol. The first-order chi connectivity index (χ1) is 39.6. The smallest absolute Gasteiger partial charge is 0.408 e. The maximum absolute atomic E-state index is 13.8. The van der Waals surface area contributed by atoms with E-state index in [0.717, 1.165) is 0 Å². The predicted molar refractivity (Wildman–Crippen MR) is 298 cm³/mol.